The number of rotatable bonds is 4. The summed E-state index contributed by atoms with van der Waals surface area (Å²) in [7, 11) is 0. The van der Waals surface area contributed by atoms with Gasteiger partial charge in [-0.05, 0) is 48.4 Å². The second-order valence-corrected chi connectivity index (χ2v) is 6.80. The van der Waals surface area contributed by atoms with Gasteiger partial charge in [-0.25, -0.2) is 0 Å². The number of carbonyl (C=O) groups excluding carboxylic acids is 1. The number of benzene rings is 2. The van der Waals surface area contributed by atoms with Crippen molar-refractivity contribution in [2.24, 2.45) is 0 Å². The van der Waals surface area contributed by atoms with E-state index in [9.17, 15) is 4.79 Å². The first-order chi connectivity index (χ1) is 12.6. The maximum Gasteiger partial charge on any atom is 0.258 e. The zero-order valence-corrected chi connectivity index (χ0v) is 15.1. The highest BCUT2D eigenvalue weighted by Crippen LogP contribution is 2.35. The third kappa shape index (κ3) is 3.04. The minimum atomic E-state index is -0.321. The third-order valence-corrected chi connectivity index (χ3v) is 4.81. The molecular weight excluding hydrogens is 346 g/mol. The Morgan fingerprint density at radius 2 is 1.92 bits per heavy atom. The molecule has 2 aromatic carbocycles. The number of hydrogen-bond donors (Lipinski definition) is 1. The fourth-order valence-corrected chi connectivity index (χ4v) is 3.49. The van der Waals surface area contributed by atoms with Crippen molar-refractivity contribution in [2.75, 3.05) is 5.32 Å². The molecule has 0 fully saturated rings. The molecule has 1 aliphatic rings. The van der Waals surface area contributed by atoms with Crippen LogP contribution in [-0.4, -0.2) is 15.8 Å². The number of halogens is 1. The highest BCUT2D eigenvalue weighted by atomic mass is 35.5. The van der Waals surface area contributed by atoms with Crippen molar-refractivity contribution in [3.8, 4) is 0 Å². The first-order valence-electron chi connectivity index (χ1n) is 8.46. The van der Waals surface area contributed by atoms with Crippen LogP contribution in [-0.2, 0) is 6.54 Å². The number of anilines is 1. The van der Waals surface area contributed by atoms with Crippen molar-refractivity contribution in [3.05, 3.63) is 94.3 Å². The van der Waals surface area contributed by atoms with E-state index in [4.69, 9.17) is 11.6 Å². The number of amides is 1. The summed E-state index contributed by atoms with van der Waals surface area (Å²) < 4.78 is 0. The lowest BCUT2D eigenvalue weighted by molar-refractivity contribution is 0.0727. The number of nitrogens with zero attached hydrogens (tertiary/aromatic N) is 2. The Hall–Kier alpha value is -2.85. The van der Waals surface area contributed by atoms with E-state index >= 15 is 0 Å². The van der Waals surface area contributed by atoms with Crippen LogP contribution in [0.5, 0.6) is 0 Å². The van der Waals surface area contributed by atoms with Crippen LogP contribution in [0.15, 0.2) is 66.9 Å². The molecule has 1 atom stereocenters. The predicted molar refractivity (Wildman–Crippen MR) is 103 cm³/mol. The largest absolute Gasteiger partial charge is 0.360 e. The van der Waals surface area contributed by atoms with Gasteiger partial charge >= 0.3 is 0 Å². The van der Waals surface area contributed by atoms with Crippen molar-refractivity contribution < 1.29 is 4.79 Å². The molecule has 26 heavy (non-hydrogen) atoms. The summed E-state index contributed by atoms with van der Waals surface area (Å²) >= 11 is 6.07. The van der Waals surface area contributed by atoms with E-state index in [1.807, 2.05) is 66.4 Å². The maximum absolute atomic E-state index is 13.0. The SMILES string of the molecule is Cc1cc(Cl)ccc1N[C@@H]1c2ncccc2C(=O)N1Cc1ccccc1. The number of nitrogens with one attached hydrogen (secondary N) is 1. The minimum Gasteiger partial charge on any atom is -0.360 e. The lowest BCUT2D eigenvalue weighted by atomic mass is 10.1. The smallest absolute Gasteiger partial charge is 0.258 e. The molecule has 0 bridgehead atoms. The fourth-order valence-electron chi connectivity index (χ4n) is 3.26. The van der Waals surface area contributed by atoms with Gasteiger partial charge in [0, 0.05) is 23.5 Å². The van der Waals surface area contributed by atoms with Gasteiger partial charge in [0.1, 0.15) is 6.17 Å². The molecule has 0 aliphatic carbocycles. The number of carbonyl (C=O) groups is 1. The molecule has 5 heteroatoms. The molecule has 0 saturated heterocycles. The molecule has 4 nitrogen and oxygen atoms in total. The van der Waals surface area contributed by atoms with Gasteiger partial charge in [0.15, 0.2) is 0 Å². The van der Waals surface area contributed by atoms with Crippen LogP contribution in [0.2, 0.25) is 5.02 Å². The molecule has 0 spiro atoms. The topological polar surface area (TPSA) is 45.2 Å². The zero-order valence-electron chi connectivity index (χ0n) is 14.3. The Balaban J connectivity index is 1.71. The first-order valence-corrected chi connectivity index (χ1v) is 8.84. The van der Waals surface area contributed by atoms with Crippen LogP contribution in [0.1, 0.15) is 33.3 Å². The van der Waals surface area contributed by atoms with Crippen molar-refractivity contribution in [2.45, 2.75) is 19.6 Å². The van der Waals surface area contributed by atoms with Crippen molar-refractivity contribution >= 4 is 23.2 Å². The lowest BCUT2D eigenvalue weighted by Gasteiger charge is -2.27. The average Bonchev–Trinajstić information content (AvgIpc) is 2.91. The second kappa shape index (κ2) is 6.81. The number of pyridine rings is 1. The van der Waals surface area contributed by atoms with Crippen LogP contribution in [0.25, 0.3) is 0 Å². The highest BCUT2D eigenvalue weighted by Gasteiger charge is 2.38. The monoisotopic (exact) mass is 363 g/mol. The summed E-state index contributed by atoms with van der Waals surface area (Å²) in [5.74, 6) is -0.0129. The molecule has 1 aromatic heterocycles. The van der Waals surface area contributed by atoms with E-state index in [0.29, 0.717) is 17.1 Å². The first kappa shape index (κ1) is 16.6. The maximum atomic E-state index is 13.0. The van der Waals surface area contributed by atoms with Crippen LogP contribution in [0.4, 0.5) is 5.69 Å². The van der Waals surface area contributed by atoms with Gasteiger partial charge in [0.05, 0.1) is 11.3 Å². The van der Waals surface area contributed by atoms with E-state index in [2.05, 4.69) is 10.3 Å². The molecule has 1 N–H and O–H groups in total. The Morgan fingerprint density at radius 3 is 2.69 bits per heavy atom. The molecule has 0 unspecified atom stereocenters. The van der Waals surface area contributed by atoms with Crippen LogP contribution < -0.4 is 5.32 Å². The zero-order chi connectivity index (χ0) is 18.1. The summed E-state index contributed by atoms with van der Waals surface area (Å²) in [6.07, 6.45) is 1.40. The van der Waals surface area contributed by atoms with Gasteiger partial charge in [-0.3, -0.25) is 9.78 Å². The molecule has 2 heterocycles. The van der Waals surface area contributed by atoms with Gasteiger partial charge in [-0.2, -0.15) is 0 Å². The number of aryl methyl sites for hydroxylation is 1. The lowest BCUT2D eigenvalue weighted by Crippen LogP contribution is -2.32. The Kier molecular flexibility index (Phi) is 4.35. The molecule has 0 saturated carbocycles. The molecule has 1 aliphatic heterocycles. The van der Waals surface area contributed by atoms with E-state index in [1.54, 1.807) is 12.3 Å². The van der Waals surface area contributed by atoms with Crippen molar-refractivity contribution in [3.63, 3.8) is 0 Å². The minimum absolute atomic E-state index is 0.0129. The van der Waals surface area contributed by atoms with E-state index in [1.165, 1.54) is 0 Å². The van der Waals surface area contributed by atoms with Crippen LogP contribution in [0, 0.1) is 6.92 Å². The van der Waals surface area contributed by atoms with Gasteiger partial charge in [-0.15, -0.1) is 0 Å². The van der Waals surface area contributed by atoms with E-state index in [0.717, 1.165) is 22.5 Å². The number of hydrogen-bond acceptors (Lipinski definition) is 3. The molecule has 130 valence electrons. The van der Waals surface area contributed by atoms with Gasteiger partial charge < -0.3 is 10.2 Å². The number of fused-ring (bicyclic) bond motifs is 1. The number of aromatic nitrogens is 1. The summed E-state index contributed by atoms with van der Waals surface area (Å²) in [5, 5.41) is 4.17. The van der Waals surface area contributed by atoms with Crippen molar-refractivity contribution in [1.82, 2.24) is 9.88 Å². The van der Waals surface area contributed by atoms with Gasteiger partial charge in [0.2, 0.25) is 0 Å². The van der Waals surface area contributed by atoms with E-state index in [-0.39, 0.29) is 12.1 Å². The molecule has 0 radical (unpaired) electrons. The molecule has 1 amide bonds. The highest BCUT2D eigenvalue weighted by molar-refractivity contribution is 6.30. The summed E-state index contributed by atoms with van der Waals surface area (Å²) in [5.41, 5.74) is 4.43. The quantitative estimate of drug-likeness (QED) is 0.723. The average molecular weight is 364 g/mol. The molecule has 3 aromatic rings. The molecule has 4 rings (SSSR count). The summed E-state index contributed by atoms with van der Waals surface area (Å²) in [4.78, 5) is 19.3. The molecular formula is C21H18ClN3O. The third-order valence-electron chi connectivity index (χ3n) is 4.58. The van der Waals surface area contributed by atoms with Crippen LogP contribution in [0.3, 0.4) is 0 Å². The normalized spacial score (nSPS) is 15.8. The second-order valence-electron chi connectivity index (χ2n) is 6.36. The van der Waals surface area contributed by atoms with E-state index < -0.39 is 0 Å². The Bertz CT molecular complexity index is 958. The standard InChI is InChI=1S/C21H18ClN3O/c1-14-12-16(22)9-10-18(14)24-20-19-17(8-5-11-23-19)21(26)25(20)13-15-6-3-2-4-7-15/h2-12,20,24H,13H2,1H3/t20-/m0/s1. The summed E-state index contributed by atoms with van der Waals surface area (Å²) in [6, 6.07) is 19.3. The van der Waals surface area contributed by atoms with Gasteiger partial charge in [0.25, 0.3) is 5.91 Å². The Morgan fingerprint density at radius 1 is 1.12 bits per heavy atom. The van der Waals surface area contributed by atoms with Crippen molar-refractivity contribution in [1.29, 1.82) is 0 Å². The fraction of sp³-hybridized carbons (Fsp3) is 0.143. The van der Waals surface area contributed by atoms with Crippen LogP contribution >= 0.6 is 11.6 Å². The summed E-state index contributed by atoms with van der Waals surface area (Å²) in [6.45, 7) is 2.51. The Labute approximate surface area is 157 Å². The predicted octanol–water partition coefficient (Wildman–Crippen LogP) is 4.81. The van der Waals surface area contributed by atoms with Gasteiger partial charge in [-0.1, -0.05) is 41.9 Å².